The summed E-state index contributed by atoms with van der Waals surface area (Å²) in [7, 11) is 1.79. The van der Waals surface area contributed by atoms with Gasteiger partial charge in [-0.15, -0.1) is 35.1 Å². The molecule has 1 aromatic carbocycles. The molecule has 0 saturated carbocycles. The molecule has 2 heterocycles. The van der Waals surface area contributed by atoms with Gasteiger partial charge < -0.3 is 0 Å². The van der Waals surface area contributed by atoms with Gasteiger partial charge in [0.15, 0.2) is 0 Å². The quantitative estimate of drug-likeness (QED) is 0.561. The predicted molar refractivity (Wildman–Crippen MR) is 58.4 cm³/mol. The maximum Gasteiger partial charge on any atom is 0.259 e. The van der Waals surface area contributed by atoms with Gasteiger partial charge in [-0.3, -0.25) is 9.67 Å². The molecule has 0 aliphatic rings. The Morgan fingerprint density at radius 2 is 2.29 bits per heavy atom. The van der Waals surface area contributed by atoms with Gasteiger partial charge in [0.2, 0.25) is 0 Å². The SMILES string of the molecule is Cn1ncnc1-c1[c-]cc2sc(F)nc2c1.[Ir]. The average molecular weight is 425 g/mol. The van der Waals surface area contributed by atoms with Crippen LogP contribution in [0.2, 0.25) is 0 Å². The second-order valence-corrected chi connectivity index (χ2v) is 4.25. The Kier molecular flexibility index (Phi) is 3.33. The van der Waals surface area contributed by atoms with Crippen LogP contribution in [0.4, 0.5) is 4.39 Å². The molecule has 0 bridgehead atoms. The van der Waals surface area contributed by atoms with Crippen LogP contribution in [0.3, 0.4) is 0 Å². The van der Waals surface area contributed by atoms with E-state index in [0.29, 0.717) is 11.3 Å². The Bertz CT molecular complexity index is 663. The monoisotopic (exact) mass is 426 g/mol. The van der Waals surface area contributed by atoms with Crippen LogP contribution in [0.25, 0.3) is 21.6 Å². The summed E-state index contributed by atoms with van der Waals surface area (Å²) in [6, 6.07) is 6.53. The summed E-state index contributed by atoms with van der Waals surface area (Å²) in [4.78, 5) is 7.89. The predicted octanol–water partition coefficient (Wildman–Crippen LogP) is 2.03. The second kappa shape index (κ2) is 4.60. The van der Waals surface area contributed by atoms with Gasteiger partial charge in [-0.25, -0.2) is 4.98 Å². The zero-order chi connectivity index (χ0) is 11.1. The van der Waals surface area contributed by atoms with E-state index in [4.69, 9.17) is 0 Å². The number of nitrogens with zero attached hydrogens (tertiary/aromatic N) is 4. The molecule has 0 aliphatic carbocycles. The molecule has 17 heavy (non-hydrogen) atoms. The first-order valence-electron chi connectivity index (χ1n) is 4.56. The van der Waals surface area contributed by atoms with Crippen LogP contribution in [0.15, 0.2) is 18.5 Å². The molecule has 7 heteroatoms. The number of fused-ring (bicyclic) bond motifs is 1. The molecule has 0 spiro atoms. The minimum atomic E-state index is -0.432. The fourth-order valence-corrected chi connectivity index (χ4v) is 2.17. The normalized spacial score (nSPS) is 10.5. The Morgan fingerprint density at radius 1 is 1.47 bits per heavy atom. The summed E-state index contributed by atoms with van der Waals surface area (Å²) in [5, 5.41) is 3.54. The van der Waals surface area contributed by atoms with Gasteiger partial charge in [0.1, 0.15) is 6.33 Å². The molecule has 0 N–H and O–H groups in total. The molecule has 0 aliphatic heterocycles. The van der Waals surface area contributed by atoms with Crippen molar-refractivity contribution in [2.24, 2.45) is 7.05 Å². The number of hydrogen-bond acceptors (Lipinski definition) is 4. The molecule has 0 fully saturated rings. The van der Waals surface area contributed by atoms with Gasteiger partial charge in [-0.05, 0) is 4.70 Å². The van der Waals surface area contributed by atoms with Crippen LogP contribution in [-0.4, -0.2) is 19.7 Å². The number of thiazole rings is 1. The molecule has 0 unspecified atom stereocenters. The number of halogens is 1. The van der Waals surface area contributed by atoms with Gasteiger partial charge in [-0.1, -0.05) is 0 Å². The Hall–Kier alpha value is -1.17. The number of aryl methyl sites for hydroxylation is 1. The number of aromatic nitrogens is 4. The first-order valence-corrected chi connectivity index (χ1v) is 5.38. The second-order valence-electron chi connectivity index (χ2n) is 3.27. The van der Waals surface area contributed by atoms with E-state index < -0.39 is 5.26 Å². The van der Waals surface area contributed by atoms with Crippen molar-refractivity contribution in [2.45, 2.75) is 0 Å². The van der Waals surface area contributed by atoms with Crippen molar-refractivity contribution in [3.8, 4) is 11.4 Å². The fourth-order valence-electron chi connectivity index (χ4n) is 1.51. The van der Waals surface area contributed by atoms with Crippen molar-refractivity contribution in [1.82, 2.24) is 19.7 Å². The van der Waals surface area contributed by atoms with Crippen LogP contribution < -0.4 is 0 Å². The standard InChI is InChI=1S/C10H6FN4S.Ir/c1-15-9(12-5-13-15)6-2-3-8-7(4-6)14-10(11)16-8;/h3-5H,1H3;/q-1;. The van der Waals surface area contributed by atoms with Crippen molar-refractivity contribution in [2.75, 3.05) is 0 Å². The van der Waals surface area contributed by atoms with Crippen LogP contribution in [0, 0.1) is 11.3 Å². The largest absolute Gasteiger partial charge is 0.289 e. The molecule has 0 atom stereocenters. The van der Waals surface area contributed by atoms with Crippen molar-refractivity contribution >= 4 is 21.6 Å². The maximum absolute atomic E-state index is 12.9. The van der Waals surface area contributed by atoms with Crippen LogP contribution >= 0.6 is 11.3 Å². The molecule has 3 aromatic rings. The van der Waals surface area contributed by atoms with Crippen molar-refractivity contribution in [3.63, 3.8) is 0 Å². The summed E-state index contributed by atoms with van der Waals surface area (Å²) in [5.41, 5.74) is 1.39. The molecular formula is C10H6FIrN4S-. The summed E-state index contributed by atoms with van der Waals surface area (Å²) < 4.78 is 15.4. The van der Waals surface area contributed by atoms with Crippen LogP contribution in [0.1, 0.15) is 0 Å². The van der Waals surface area contributed by atoms with E-state index in [1.165, 1.54) is 6.33 Å². The van der Waals surface area contributed by atoms with E-state index >= 15 is 0 Å². The molecule has 4 nitrogen and oxygen atoms in total. The third kappa shape index (κ3) is 2.13. The van der Waals surface area contributed by atoms with E-state index in [1.807, 2.05) is 0 Å². The first kappa shape index (κ1) is 12.3. The average Bonchev–Trinajstić information content (AvgIpc) is 2.81. The van der Waals surface area contributed by atoms with Gasteiger partial charge in [0, 0.05) is 32.7 Å². The smallest absolute Gasteiger partial charge is 0.259 e. The fraction of sp³-hybridized carbons (Fsp3) is 0.100. The molecule has 1 radical (unpaired) electrons. The van der Waals surface area contributed by atoms with Gasteiger partial charge in [0.05, 0.1) is 5.82 Å². The van der Waals surface area contributed by atoms with Gasteiger partial charge >= 0.3 is 0 Å². The topological polar surface area (TPSA) is 43.6 Å². The molecule has 3 rings (SSSR count). The third-order valence-corrected chi connectivity index (χ3v) is 3.05. The first-order chi connectivity index (χ1) is 7.74. The number of benzene rings is 1. The molecule has 2 aromatic heterocycles. The van der Waals surface area contributed by atoms with E-state index in [2.05, 4.69) is 21.1 Å². The van der Waals surface area contributed by atoms with Gasteiger partial charge in [-0.2, -0.15) is 9.49 Å². The minimum absolute atomic E-state index is 0. The Labute approximate surface area is 114 Å². The third-order valence-electron chi connectivity index (χ3n) is 2.25. The molecular weight excluding hydrogens is 419 g/mol. The van der Waals surface area contributed by atoms with E-state index in [0.717, 1.165) is 21.6 Å². The summed E-state index contributed by atoms with van der Waals surface area (Å²) >= 11 is 1.01. The Morgan fingerprint density at radius 3 is 3.00 bits per heavy atom. The zero-order valence-corrected chi connectivity index (χ0v) is 11.9. The van der Waals surface area contributed by atoms with E-state index in [1.54, 1.807) is 23.9 Å². The van der Waals surface area contributed by atoms with Crippen molar-refractivity contribution < 1.29 is 24.5 Å². The molecule has 0 amide bonds. The summed E-state index contributed by atoms with van der Waals surface area (Å²) in [5.74, 6) is 0.690. The van der Waals surface area contributed by atoms with E-state index in [-0.39, 0.29) is 20.1 Å². The summed E-state index contributed by atoms with van der Waals surface area (Å²) in [6.45, 7) is 0. The maximum atomic E-state index is 12.9. The van der Waals surface area contributed by atoms with Crippen molar-refractivity contribution in [1.29, 1.82) is 0 Å². The zero-order valence-electron chi connectivity index (χ0n) is 8.64. The molecule has 89 valence electrons. The Balaban J connectivity index is 0.00000108. The number of hydrogen-bond donors (Lipinski definition) is 0. The number of rotatable bonds is 1. The van der Waals surface area contributed by atoms with Crippen LogP contribution in [-0.2, 0) is 27.2 Å². The summed E-state index contributed by atoms with van der Waals surface area (Å²) in [6.07, 6.45) is 1.47. The van der Waals surface area contributed by atoms with Crippen molar-refractivity contribution in [3.05, 3.63) is 29.8 Å². The van der Waals surface area contributed by atoms with Crippen LogP contribution in [0.5, 0.6) is 0 Å². The van der Waals surface area contributed by atoms with Gasteiger partial charge in [0.25, 0.3) is 5.26 Å². The van der Waals surface area contributed by atoms with E-state index in [9.17, 15) is 4.39 Å². The minimum Gasteiger partial charge on any atom is -0.289 e. The molecule has 0 saturated heterocycles.